The second kappa shape index (κ2) is 15.0. The number of aliphatic hydroxyl groups is 1. The van der Waals surface area contributed by atoms with E-state index >= 15 is 0 Å². The van der Waals surface area contributed by atoms with Crippen molar-refractivity contribution >= 4 is 34.4 Å². The minimum absolute atomic E-state index is 0.103. The number of anilines is 2. The van der Waals surface area contributed by atoms with Crippen LogP contribution in [0.5, 0.6) is 0 Å². The fourth-order valence-electron chi connectivity index (χ4n) is 6.18. The fraction of sp³-hybridized carbons (Fsp3) is 0.474. The number of aryl methyl sites for hydroxylation is 1. The minimum atomic E-state index is -0.490. The van der Waals surface area contributed by atoms with Gasteiger partial charge in [0.2, 0.25) is 5.95 Å². The molecule has 0 amide bonds. The van der Waals surface area contributed by atoms with Gasteiger partial charge in [-0.15, -0.1) is 11.8 Å². The molecule has 0 spiro atoms. The number of aromatic nitrogens is 2. The molecule has 2 unspecified atom stereocenters. The minimum Gasteiger partial charge on any atom is -0.388 e. The van der Waals surface area contributed by atoms with E-state index in [1.54, 1.807) is 0 Å². The average molecular weight is 626 g/mol. The van der Waals surface area contributed by atoms with Gasteiger partial charge in [-0.1, -0.05) is 74.9 Å². The number of aliphatic hydroxyl groups excluding tert-OH is 1. The Hall–Kier alpha value is -3.13. The summed E-state index contributed by atoms with van der Waals surface area (Å²) in [5.41, 5.74) is 4.63. The standard InChI is InChI=1S/C38H51N5OS/c1-26-11-21-31(22-12-26)45-32(23-35(44)28-15-17-29(18-16-28)38(2,3)4)25-39-24-27-13-19-30(20-14-27)40-37-41-34-10-8-7-9-33(34)36(42-37)43(5)6/h7-12,15-18,21-22,27,30,32,35,39,44H,13-14,19-20,23-25H2,1-6H3,(H,40,41,42). The highest BCUT2D eigenvalue weighted by molar-refractivity contribution is 8.00. The van der Waals surface area contributed by atoms with E-state index in [1.165, 1.54) is 28.9 Å². The van der Waals surface area contributed by atoms with Gasteiger partial charge < -0.3 is 20.6 Å². The van der Waals surface area contributed by atoms with E-state index in [2.05, 4.69) is 104 Å². The molecule has 6 nitrogen and oxygen atoms in total. The number of fused-ring (bicyclic) bond motifs is 1. The predicted octanol–water partition coefficient (Wildman–Crippen LogP) is 8.15. The van der Waals surface area contributed by atoms with E-state index in [-0.39, 0.29) is 10.7 Å². The summed E-state index contributed by atoms with van der Waals surface area (Å²) in [6.07, 6.45) is 4.80. The topological polar surface area (TPSA) is 73.3 Å². The first-order valence-electron chi connectivity index (χ1n) is 16.5. The van der Waals surface area contributed by atoms with Crippen LogP contribution in [-0.4, -0.2) is 53.6 Å². The van der Waals surface area contributed by atoms with E-state index in [4.69, 9.17) is 9.97 Å². The lowest BCUT2D eigenvalue weighted by Crippen LogP contribution is -2.34. The van der Waals surface area contributed by atoms with Gasteiger partial charge in [0.15, 0.2) is 0 Å². The largest absolute Gasteiger partial charge is 0.388 e. The van der Waals surface area contributed by atoms with Crippen molar-refractivity contribution in [1.29, 1.82) is 0 Å². The molecular weight excluding hydrogens is 575 g/mol. The summed E-state index contributed by atoms with van der Waals surface area (Å²) in [4.78, 5) is 13.0. The predicted molar refractivity (Wildman–Crippen MR) is 192 cm³/mol. The molecule has 240 valence electrons. The Kier molecular flexibility index (Phi) is 11.1. The summed E-state index contributed by atoms with van der Waals surface area (Å²) in [5.74, 6) is 2.32. The highest BCUT2D eigenvalue weighted by Crippen LogP contribution is 2.32. The van der Waals surface area contributed by atoms with Crippen molar-refractivity contribution in [2.24, 2.45) is 5.92 Å². The molecule has 0 saturated heterocycles. The van der Waals surface area contributed by atoms with Gasteiger partial charge in [0.05, 0.1) is 11.6 Å². The Labute approximate surface area is 274 Å². The van der Waals surface area contributed by atoms with Crippen LogP contribution in [0.15, 0.2) is 77.7 Å². The molecule has 3 N–H and O–H groups in total. The maximum atomic E-state index is 11.3. The van der Waals surface area contributed by atoms with Gasteiger partial charge in [0.1, 0.15) is 5.82 Å². The molecule has 7 heteroatoms. The quantitative estimate of drug-likeness (QED) is 0.137. The second-order valence-electron chi connectivity index (χ2n) is 14.0. The van der Waals surface area contributed by atoms with E-state index in [0.29, 0.717) is 18.4 Å². The maximum absolute atomic E-state index is 11.3. The monoisotopic (exact) mass is 625 g/mol. The number of hydrogen-bond donors (Lipinski definition) is 3. The van der Waals surface area contributed by atoms with Crippen molar-refractivity contribution < 1.29 is 5.11 Å². The zero-order valence-corrected chi connectivity index (χ0v) is 28.7. The molecule has 0 bridgehead atoms. The lowest BCUT2D eigenvalue weighted by atomic mass is 9.86. The molecule has 45 heavy (non-hydrogen) atoms. The van der Waals surface area contributed by atoms with Crippen molar-refractivity contribution in [3.63, 3.8) is 0 Å². The first-order valence-corrected chi connectivity index (χ1v) is 17.4. The number of nitrogens with zero attached hydrogens (tertiary/aromatic N) is 3. The highest BCUT2D eigenvalue weighted by atomic mass is 32.2. The van der Waals surface area contributed by atoms with Gasteiger partial charge in [0, 0.05) is 42.2 Å². The molecule has 1 aliphatic rings. The van der Waals surface area contributed by atoms with Crippen molar-refractivity contribution in [3.8, 4) is 0 Å². The van der Waals surface area contributed by atoms with E-state index in [9.17, 15) is 5.11 Å². The Bertz CT molecular complexity index is 1510. The number of hydrogen-bond acceptors (Lipinski definition) is 7. The molecule has 1 heterocycles. The molecule has 4 aromatic rings. The van der Waals surface area contributed by atoms with Gasteiger partial charge in [-0.2, -0.15) is 4.98 Å². The summed E-state index contributed by atoms with van der Waals surface area (Å²) in [5, 5.41) is 20.0. The summed E-state index contributed by atoms with van der Waals surface area (Å²) >= 11 is 1.87. The third kappa shape index (κ3) is 9.21. The molecular formula is C38H51N5OS. The Morgan fingerprint density at radius 1 is 0.911 bits per heavy atom. The van der Waals surface area contributed by atoms with Gasteiger partial charge in [-0.25, -0.2) is 4.98 Å². The van der Waals surface area contributed by atoms with E-state index in [0.717, 1.165) is 54.2 Å². The Morgan fingerprint density at radius 3 is 2.27 bits per heavy atom. The van der Waals surface area contributed by atoms with Crippen LogP contribution >= 0.6 is 11.8 Å². The van der Waals surface area contributed by atoms with E-state index < -0.39 is 6.10 Å². The molecule has 2 atom stereocenters. The molecule has 3 aromatic carbocycles. The van der Waals surface area contributed by atoms with E-state index in [1.807, 2.05) is 38.0 Å². The first-order chi connectivity index (χ1) is 21.5. The van der Waals surface area contributed by atoms with Gasteiger partial charge >= 0.3 is 0 Å². The second-order valence-corrected chi connectivity index (χ2v) is 15.4. The molecule has 1 aromatic heterocycles. The third-order valence-electron chi connectivity index (χ3n) is 8.96. The summed E-state index contributed by atoms with van der Waals surface area (Å²) in [6, 6.07) is 25.9. The van der Waals surface area contributed by atoms with Crippen LogP contribution < -0.4 is 15.5 Å². The summed E-state index contributed by atoms with van der Waals surface area (Å²) in [6.45, 7) is 10.7. The van der Waals surface area contributed by atoms with Gasteiger partial charge in [0.25, 0.3) is 0 Å². The van der Waals surface area contributed by atoms with Crippen molar-refractivity contribution in [1.82, 2.24) is 15.3 Å². The fourth-order valence-corrected chi connectivity index (χ4v) is 7.34. The van der Waals surface area contributed by atoms with Crippen LogP contribution in [0.4, 0.5) is 11.8 Å². The highest BCUT2D eigenvalue weighted by Gasteiger charge is 2.24. The van der Waals surface area contributed by atoms with Gasteiger partial charge in [-0.3, -0.25) is 0 Å². The van der Waals surface area contributed by atoms with Crippen molar-refractivity contribution in [2.75, 3.05) is 37.4 Å². The smallest absolute Gasteiger partial charge is 0.225 e. The van der Waals surface area contributed by atoms with Crippen LogP contribution in [0, 0.1) is 12.8 Å². The molecule has 0 radical (unpaired) electrons. The third-order valence-corrected chi connectivity index (χ3v) is 10.2. The number of thioether (sulfide) groups is 1. The number of benzene rings is 3. The summed E-state index contributed by atoms with van der Waals surface area (Å²) in [7, 11) is 4.07. The van der Waals surface area contributed by atoms with Crippen LogP contribution in [0.3, 0.4) is 0 Å². The maximum Gasteiger partial charge on any atom is 0.225 e. The molecule has 0 aliphatic heterocycles. The van der Waals surface area contributed by atoms with Crippen molar-refractivity contribution in [2.45, 2.75) is 87.5 Å². The normalized spacial score (nSPS) is 18.5. The molecule has 1 aliphatic carbocycles. The SMILES string of the molecule is Cc1ccc(SC(CNCC2CCC(Nc3nc(N(C)C)c4ccccc4n3)CC2)CC(O)c2ccc(C(C)(C)C)cc2)cc1. The molecule has 5 rings (SSSR count). The summed E-state index contributed by atoms with van der Waals surface area (Å²) < 4.78 is 0. The first kappa shape index (κ1) is 33.2. The Morgan fingerprint density at radius 2 is 1.60 bits per heavy atom. The number of rotatable bonds is 12. The van der Waals surface area contributed by atoms with Crippen molar-refractivity contribution in [3.05, 3.63) is 89.5 Å². The van der Waals surface area contributed by atoms with Crippen LogP contribution in [-0.2, 0) is 5.41 Å². The van der Waals surface area contributed by atoms with Gasteiger partial charge in [-0.05, 0) is 92.3 Å². The molecule has 1 saturated carbocycles. The van der Waals surface area contributed by atoms with Crippen LogP contribution in [0.25, 0.3) is 10.9 Å². The zero-order valence-electron chi connectivity index (χ0n) is 27.9. The molecule has 1 fully saturated rings. The average Bonchev–Trinajstić information content (AvgIpc) is 3.02. The lowest BCUT2D eigenvalue weighted by Gasteiger charge is -2.30. The lowest BCUT2D eigenvalue weighted by molar-refractivity contribution is 0.166. The number of nitrogens with one attached hydrogen (secondary N) is 2. The van der Waals surface area contributed by atoms with Crippen LogP contribution in [0.1, 0.15) is 75.7 Å². The van der Waals surface area contributed by atoms with Crippen LogP contribution in [0.2, 0.25) is 0 Å². The zero-order chi connectivity index (χ0) is 32.0. The number of para-hydroxylation sites is 1. The Balaban J connectivity index is 1.14.